The maximum atomic E-state index is 12.5. The lowest BCUT2D eigenvalue weighted by atomic mass is 10.1. The van der Waals surface area contributed by atoms with Gasteiger partial charge in [0.05, 0.1) is 25.2 Å². The number of aromatic amines is 1. The smallest absolute Gasteiger partial charge is 0.262 e. The van der Waals surface area contributed by atoms with Gasteiger partial charge in [-0.05, 0) is 73.4 Å². The summed E-state index contributed by atoms with van der Waals surface area (Å²) < 4.78 is 13.3. The van der Waals surface area contributed by atoms with E-state index in [2.05, 4.69) is 15.4 Å². The molecule has 4 rings (SSSR count). The molecule has 3 aromatic carbocycles. The van der Waals surface area contributed by atoms with Crippen molar-refractivity contribution in [2.45, 2.75) is 20.8 Å². The highest BCUT2D eigenvalue weighted by Crippen LogP contribution is 2.28. The lowest BCUT2D eigenvalue weighted by Gasteiger charge is -2.14. The predicted molar refractivity (Wildman–Crippen MR) is 146 cm³/mol. The molecule has 0 fully saturated rings. The molecule has 4 aromatic rings. The second kappa shape index (κ2) is 11.0. The SMILES string of the molecule is COc1cc(C=Nn2cc(-c3ccccc3)[nH]c2=S)ccc1OCC(=O)Nc1c(C)cc(C)cc1C. The number of aryl methyl sites for hydroxylation is 3. The van der Waals surface area contributed by atoms with Gasteiger partial charge in [-0.2, -0.15) is 5.10 Å². The van der Waals surface area contributed by atoms with E-state index in [9.17, 15) is 4.79 Å². The van der Waals surface area contributed by atoms with Crippen LogP contribution in [0.15, 0.2) is 72.0 Å². The number of imidazole rings is 1. The van der Waals surface area contributed by atoms with Crippen LogP contribution in [0.4, 0.5) is 5.69 Å². The number of carbonyl (C=O) groups excluding carboxylic acids is 1. The largest absolute Gasteiger partial charge is 0.493 e. The topological polar surface area (TPSA) is 80.6 Å². The molecule has 0 spiro atoms. The van der Waals surface area contributed by atoms with Crippen LogP contribution in [-0.2, 0) is 4.79 Å². The Kier molecular flexibility index (Phi) is 7.65. The van der Waals surface area contributed by atoms with Gasteiger partial charge in [0.2, 0.25) is 0 Å². The Morgan fingerprint density at radius 2 is 1.78 bits per heavy atom. The van der Waals surface area contributed by atoms with Gasteiger partial charge in [0.1, 0.15) is 0 Å². The van der Waals surface area contributed by atoms with Gasteiger partial charge in [-0.3, -0.25) is 4.79 Å². The highest BCUT2D eigenvalue weighted by Gasteiger charge is 2.11. The first-order valence-electron chi connectivity index (χ1n) is 11.4. The highest BCUT2D eigenvalue weighted by atomic mass is 32.1. The van der Waals surface area contributed by atoms with Crippen LogP contribution in [0.1, 0.15) is 22.3 Å². The summed E-state index contributed by atoms with van der Waals surface area (Å²) in [7, 11) is 1.55. The molecule has 7 nitrogen and oxygen atoms in total. The van der Waals surface area contributed by atoms with E-state index in [0.717, 1.165) is 39.2 Å². The summed E-state index contributed by atoms with van der Waals surface area (Å²) in [5.74, 6) is 0.720. The zero-order valence-corrected chi connectivity index (χ0v) is 21.5. The van der Waals surface area contributed by atoms with E-state index in [4.69, 9.17) is 21.7 Å². The minimum atomic E-state index is -0.242. The lowest BCUT2D eigenvalue weighted by molar-refractivity contribution is -0.118. The van der Waals surface area contributed by atoms with Crippen LogP contribution in [-0.4, -0.2) is 35.5 Å². The summed E-state index contributed by atoms with van der Waals surface area (Å²) in [6.07, 6.45) is 3.53. The fraction of sp³-hybridized carbons (Fsp3) is 0.179. The van der Waals surface area contributed by atoms with Crippen LogP contribution >= 0.6 is 12.2 Å². The van der Waals surface area contributed by atoms with Gasteiger partial charge in [0.25, 0.3) is 5.91 Å². The molecule has 0 unspecified atom stereocenters. The second-order valence-corrected chi connectivity index (χ2v) is 8.84. The number of H-pyrrole nitrogens is 1. The highest BCUT2D eigenvalue weighted by molar-refractivity contribution is 7.71. The van der Waals surface area contributed by atoms with E-state index in [1.54, 1.807) is 30.1 Å². The second-order valence-electron chi connectivity index (χ2n) is 8.45. The Balaban J connectivity index is 1.43. The van der Waals surface area contributed by atoms with Gasteiger partial charge >= 0.3 is 0 Å². The van der Waals surface area contributed by atoms with E-state index in [0.29, 0.717) is 16.3 Å². The number of hydrogen-bond donors (Lipinski definition) is 2. The van der Waals surface area contributed by atoms with Crippen molar-refractivity contribution < 1.29 is 14.3 Å². The van der Waals surface area contributed by atoms with Gasteiger partial charge in [-0.25, -0.2) is 4.68 Å². The van der Waals surface area contributed by atoms with Crippen molar-refractivity contribution in [1.82, 2.24) is 9.66 Å². The fourth-order valence-electron chi connectivity index (χ4n) is 3.94. The minimum absolute atomic E-state index is 0.142. The molecule has 0 aliphatic carbocycles. The van der Waals surface area contributed by atoms with Gasteiger partial charge < -0.3 is 19.8 Å². The van der Waals surface area contributed by atoms with Gasteiger partial charge in [-0.1, -0.05) is 48.0 Å². The first kappa shape index (κ1) is 24.9. The summed E-state index contributed by atoms with van der Waals surface area (Å²) in [5, 5.41) is 7.41. The van der Waals surface area contributed by atoms with E-state index in [1.165, 1.54) is 0 Å². The molecule has 1 amide bonds. The first-order valence-corrected chi connectivity index (χ1v) is 11.8. The van der Waals surface area contributed by atoms with Crippen molar-refractivity contribution in [3.05, 3.63) is 93.9 Å². The molecule has 2 N–H and O–H groups in total. The Morgan fingerprint density at radius 1 is 1.06 bits per heavy atom. The Morgan fingerprint density at radius 3 is 2.47 bits per heavy atom. The zero-order chi connectivity index (χ0) is 25.7. The number of nitrogens with zero attached hydrogens (tertiary/aromatic N) is 2. The average molecular weight is 501 g/mol. The molecule has 1 heterocycles. The Hall–Kier alpha value is -4.17. The minimum Gasteiger partial charge on any atom is -0.493 e. The van der Waals surface area contributed by atoms with Crippen molar-refractivity contribution in [2.24, 2.45) is 5.10 Å². The number of methoxy groups -OCH3 is 1. The van der Waals surface area contributed by atoms with Crippen molar-refractivity contribution in [1.29, 1.82) is 0 Å². The summed E-state index contributed by atoms with van der Waals surface area (Å²) in [6, 6.07) is 19.4. The van der Waals surface area contributed by atoms with Gasteiger partial charge in [0, 0.05) is 5.69 Å². The number of amides is 1. The van der Waals surface area contributed by atoms with Crippen molar-refractivity contribution >= 4 is 30.0 Å². The van der Waals surface area contributed by atoms with Crippen molar-refractivity contribution in [3.63, 3.8) is 0 Å². The third-order valence-corrected chi connectivity index (χ3v) is 5.89. The number of carbonyl (C=O) groups is 1. The molecule has 8 heteroatoms. The summed E-state index contributed by atoms with van der Waals surface area (Å²) in [5.41, 5.74) is 6.69. The number of hydrogen-bond acceptors (Lipinski definition) is 5. The molecule has 0 aliphatic rings. The van der Waals surface area contributed by atoms with Crippen LogP contribution in [0, 0.1) is 25.5 Å². The molecule has 0 saturated carbocycles. The lowest BCUT2D eigenvalue weighted by Crippen LogP contribution is -2.21. The van der Waals surface area contributed by atoms with E-state index >= 15 is 0 Å². The maximum Gasteiger partial charge on any atom is 0.262 e. The van der Waals surface area contributed by atoms with Crippen molar-refractivity contribution in [2.75, 3.05) is 19.0 Å². The molecule has 0 radical (unpaired) electrons. The molecule has 184 valence electrons. The van der Waals surface area contributed by atoms with Gasteiger partial charge in [0.15, 0.2) is 22.9 Å². The number of rotatable bonds is 8. The summed E-state index contributed by atoms with van der Waals surface area (Å²) in [4.78, 5) is 15.7. The van der Waals surface area contributed by atoms with E-state index < -0.39 is 0 Å². The number of benzene rings is 3. The van der Waals surface area contributed by atoms with Crippen LogP contribution in [0.25, 0.3) is 11.3 Å². The molecule has 0 saturated heterocycles. The monoisotopic (exact) mass is 500 g/mol. The van der Waals surface area contributed by atoms with Crippen molar-refractivity contribution in [3.8, 4) is 22.8 Å². The predicted octanol–water partition coefficient (Wildman–Crippen LogP) is 6.05. The normalized spacial score (nSPS) is 11.0. The molecular weight excluding hydrogens is 472 g/mol. The van der Waals surface area contributed by atoms with Gasteiger partial charge in [-0.15, -0.1) is 0 Å². The quantitative estimate of drug-likeness (QED) is 0.228. The average Bonchev–Trinajstić information content (AvgIpc) is 3.24. The molecule has 0 atom stereocenters. The Bertz CT molecular complexity index is 1450. The van der Waals surface area contributed by atoms with Crippen LogP contribution in [0.5, 0.6) is 11.5 Å². The van der Waals surface area contributed by atoms with E-state index in [1.807, 2.05) is 75.5 Å². The standard InChI is InChI=1S/C28H28N4O3S/c1-18-12-19(2)27(20(3)13-18)31-26(33)17-35-24-11-10-21(14-25(24)34-4)15-29-32-16-23(30-28(32)36)22-8-6-5-7-9-22/h5-16H,17H2,1-4H3,(H,30,36)(H,31,33). The molecule has 0 aliphatic heterocycles. The molecular formula is C28H28N4O3S. The third kappa shape index (κ3) is 5.90. The number of nitrogens with one attached hydrogen (secondary N) is 2. The third-order valence-electron chi connectivity index (χ3n) is 5.60. The van der Waals surface area contributed by atoms with Crippen LogP contribution in [0.2, 0.25) is 0 Å². The Labute approximate surface area is 215 Å². The number of ether oxygens (including phenoxy) is 2. The molecule has 0 bridgehead atoms. The van der Waals surface area contributed by atoms with Crippen LogP contribution in [0.3, 0.4) is 0 Å². The number of aromatic nitrogens is 2. The number of anilines is 1. The van der Waals surface area contributed by atoms with E-state index in [-0.39, 0.29) is 12.5 Å². The molecule has 36 heavy (non-hydrogen) atoms. The molecule has 1 aromatic heterocycles. The first-order chi connectivity index (χ1) is 17.3. The maximum absolute atomic E-state index is 12.5. The van der Waals surface area contributed by atoms with Crippen LogP contribution < -0.4 is 14.8 Å². The zero-order valence-electron chi connectivity index (χ0n) is 20.7. The summed E-state index contributed by atoms with van der Waals surface area (Å²) >= 11 is 5.40. The fourth-order valence-corrected chi connectivity index (χ4v) is 4.15. The summed E-state index contributed by atoms with van der Waals surface area (Å²) in [6.45, 7) is 5.84.